The summed E-state index contributed by atoms with van der Waals surface area (Å²) in [7, 11) is 0. The van der Waals surface area contributed by atoms with Gasteiger partial charge in [-0.3, -0.25) is 4.79 Å². The zero-order valence-corrected chi connectivity index (χ0v) is 15.4. The minimum Gasteiger partial charge on any atom is -0.448 e. The molecule has 0 spiro atoms. The van der Waals surface area contributed by atoms with Gasteiger partial charge in [0.15, 0.2) is 11.8 Å². The van der Waals surface area contributed by atoms with Crippen LogP contribution in [0.25, 0.3) is 11.5 Å². The van der Waals surface area contributed by atoms with Crippen LogP contribution in [0.4, 0.5) is 5.82 Å². The number of anilines is 1. The molecule has 3 rings (SSSR count). The molecule has 0 aliphatic rings. The van der Waals surface area contributed by atoms with E-state index in [0.717, 1.165) is 5.56 Å². The number of hydrogen-bond acceptors (Lipinski definition) is 6. The molecule has 0 saturated carbocycles. The zero-order valence-electron chi connectivity index (χ0n) is 14.6. The van der Waals surface area contributed by atoms with Crippen LogP contribution < -0.4 is 5.32 Å². The van der Waals surface area contributed by atoms with Crippen molar-refractivity contribution in [1.29, 1.82) is 0 Å². The summed E-state index contributed by atoms with van der Waals surface area (Å²) in [5.74, 6) is -0.350. The molecule has 1 N–H and O–H groups in total. The summed E-state index contributed by atoms with van der Waals surface area (Å²) >= 11 is 5.75. The Morgan fingerprint density at radius 2 is 1.93 bits per heavy atom. The predicted molar refractivity (Wildman–Crippen MR) is 99.4 cm³/mol. The molecule has 0 radical (unpaired) electrons. The van der Waals surface area contributed by atoms with E-state index >= 15 is 0 Å². The standard InChI is InChI=1S/C19H16ClN3O4/c1-11-16(23-18(26-11)13-6-4-3-5-7-13)19(25)27-12(2)17(24)22-15-9-8-14(20)10-21-15/h3-10,12H,1-2H3,(H,21,22,24). The fraction of sp³-hybridized carbons (Fsp3) is 0.158. The molecule has 0 aliphatic carbocycles. The Balaban J connectivity index is 1.67. The Bertz CT molecular complexity index is 955. The van der Waals surface area contributed by atoms with E-state index in [1.165, 1.54) is 13.1 Å². The number of halogens is 1. The van der Waals surface area contributed by atoms with Crippen LogP contribution in [0.1, 0.15) is 23.2 Å². The molecule has 138 valence electrons. The first-order valence-electron chi connectivity index (χ1n) is 8.10. The van der Waals surface area contributed by atoms with Crippen molar-refractivity contribution in [2.24, 2.45) is 0 Å². The number of nitrogens with one attached hydrogen (secondary N) is 1. The fourth-order valence-electron chi connectivity index (χ4n) is 2.24. The van der Waals surface area contributed by atoms with E-state index in [0.29, 0.717) is 22.5 Å². The largest absolute Gasteiger partial charge is 0.448 e. The highest BCUT2D eigenvalue weighted by Gasteiger charge is 2.24. The SMILES string of the molecule is Cc1oc(-c2ccccc2)nc1C(=O)OC(C)C(=O)Nc1ccc(Cl)cn1. The average Bonchev–Trinajstić information content (AvgIpc) is 3.06. The number of pyridine rings is 1. The fourth-order valence-corrected chi connectivity index (χ4v) is 2.35. The van der Waals surface area contributed by atoms with Crippen molar-refractivity contribution in [2.75, 3.05) is 5.32 Å². The number of carbonyl (C=O) groups excluding carboxylic acids is 2. The van der Waals surface area contributed by atoms with E-state index in [4.69, 9.17) is 20.8 Å². The number of amides is 1. The highest BCUT2D eigenvalue weighted by molar-refractivity contribution is 6.30. The van der Waals surface area contributed by atoms with E-state index in [9.17, 15) is 9.59 Å². The third-order valence-electron chi connectivity index (χ3n) is 3.64. The van der Waals surface area contributed by atoms with Gasteiger partial charge in [-0.2, -0.15) is 0 Å². The van der Waals surface area contributed by atoms with Crippen molar-refractivity contribution in [3.63, 3.8) is 0 Å². The molecule has 0 bridgehead atoms. The lowest BCUT2D eigenvalue weighted by atomic mass is 10.2. The molecule has 7 nitrogen and oxygen atoms in total. The maximum Gasteiger partial charge on any atom is 0.361 e. The molecule has 0 saturated heterocycles. The molecule has 0 fully saturated rings. The van der Waals surface area contributed by atoms with Crippen molar-refractivity contribution < 1.29 is 18.7 Å². The van der Waals surface area contributed by atoms with E-state index in [2.05, 4.69) is 15.3 Å². The topological polar surface area (TPSA) is 94.3 Å². The number of benzene rings is 1. The van der Waals surface area contributed by atoms with Crippen LogP contribution in [0.3, 0.4) is 0 Å². The average molecular weight is 386 g/mol. The third kappa shape index (κ3) is 4.51. The summed E-state index contributed by atoms with van der Waals surface area (Å²) in [6.07, 6.45) is 0.351. The van der Waals surface area contributed by atoms with Gasteiger partial charge in [-0.05, 0) is 38.1 Å². The molecular weight excluding hydrogens is 370 g/mol. The Labute approximate surface area is 160 Å². The van der Waals surface area contributed by atoms with Crippen LogP contribution in [0.2, 0.25) is 5.02 Å². The highest BCUT2D eigenvalue weighted by atomic mass is 35.5. The maximum atomic E-state index is 12.4. The molecule has 1 aromatic carbocycles. The second kappa shape index (κ2) is 8.01. The Hall–Kier alpha value is -3.19. The van der Waals surface area contributed by atoms with Gasteiger partial charge in [0.05, 0.1) is 5.02 Å². The minimum absolute atomic E-state index is 0.0260. The van der Waals surface area contributed by atoms with E-state index in [1.54, 1.807) is 19.1 Å². The van der Waals surface area contributed by atoms with Gasteiger partial charge in [0.25, 0.3) is 5.91 Å². The number of nitrogens with zero attached hydrogens (tertiary/aromatic N) is 2. The van der Waals surface area contributed by atoms with E-state index < -0.39 is 18.0 Å². The van der Waals surface area contributed by atoms with Crippen LogP contribution in [0.15, 0.2) is 53.1 Å². The van der Waals surface area contributed by atoms with Gasteiger partial charge >= 0.3 is 5.97 Å². The quantitative estimate of drug-likeness (QED) is 0.670. The summed E-state index contributed by atoms with van der Waals surface area (Å²) in [5.41, 5.74) is 0.761. The third-order valence-corrected chi connectivity index (χ3v) is 3.87. The number of aryl methyl sites for hydroxylation is 1. The molecule has 3 aromatic rings. The van der Waals surface area contributed by atoms with Gasteiger partial charge in [-0.25, -0.2) is 14.8 Å². The van der Waals surface area contributed by atoms with Crippen molar-refractivity contribution in [3.05, 3.63) is 65.1 Å². The summed E-state index contributed by atoms with van der Waals surface area (Å²) in [5, 5.41) is 2.99. The van der Waals surface area contributed by atoms with Crippen molar-refractivity contribution in [2.45, 2.75) is 20.0 Å². The number of rotatable bonds is 5. The monoisotopic (exact) mass is 385 g/mol. The first-order valence-corrected chi connectivity index (χ1v) is 8.48. The van der Waals surface area contributed by atoms with Gasteiger partial charge in [-0.1, -0.05) is 29.8 Å². The maximum absolute atomic E-state index is 12.4. The van der Waals surface area contributed by atoms with Crippen molar-refractivity contribution >= 4 is 29.3 Å². The van der Waals surface area contributed by atoms with Gasteiger partial charge in [0, 0.05) is 11.8 Å². The Morgan fingerprint density at radius 3 is 2.59 bits per heavy atom. The van der Waals surface area contributed by atoms with Crippen LogP contribution in [-0.4, -0.2) is 27.9 Å². The molecule has 2 heterocycles. The summed E-state index contributed by atoms with van der Waals surface area (Å²) in [6.45, 7) is 3.06. The smallest absolute Gasteiger partial charge is 0.361 e. The lowest BCUT2D eigenvalue weighted by Gasteiger charge is -2.12. The summed E-state index contributed by atoms with van der Waals surface area (Å²) in [6, 6.07) is 12.3. The summed E-state index contributed by atoms with van der Waals surface area (Å²) in [4.78, 5) is 32.7. The van der Waals surface area contributed by atoms with Crippen LogP contribution >= 0.6 is 11.6 Å². The lowest BCUT2D eigenvalue weighted by molar-refractivity contribution is -0.123. The number of ether oxygens (including phenoxy) is 1. The molecule has 1 unspecified atom stereocenters. The first kappa shape index (κ1) is 18.6. The number of carbonyl (C=O) groups is 2. The zero-order chi connectivity index (χ0) is 19.4. The van der Waals surface area contributed by atoms with Crippen molar-refractivity contribution in [3.8, 4) is 11.5 Å². The number of hydrogen-bond donors (Lipinski definition) is 1. The lowest BCUT2D eigenvalue weighted by Crippen LogP contribution is -2.30. The number of esters is 1. The van der Waals surface area contributed by atoms with Gasteiger partial charge in [0.1, 0.15) is 11.6 Å². The van der Waals surface area contributed by atoms with Crippen LogP contribution in [-0.2, 0) is 9.53 Å². The van der Waals surface area contributed by atoms with E-state index in [1.807, 2.05) is 30.3 Å². The van der Waals surface area contributed by atoms with E-state index in [-0.39, 0.29) is 5.69 Å². The van der Waals surface area contributed by atoms with Crippen LogP contribution in [0.5, 0.6) is 0 Å². The Morgan fingerprint density at radius 1 is 1.19 bits per heavy atom. The minimum atomic E-state index is -1.05. The molecular formula is C19H16ClN3O4. The van der Waals surface area contributed by atoms with Gasteiger partial charge in [0.2, 0.25) is 5.89 Å². The Kier molecular flexibility index (Phi) is 5.52. The van der Waals surface area contributed by atoms with Gasteiger partial charge < -0.3 is 14.5 Å². The summed E-state index contributed by atoms with van der Waals surface area (Å²) < 4.78 is 10.7. The molecule has 0 aliphatic heterocycles. The second-order valence-electron chi connectivity index (χ2n) is 5.69. The molecule has 1 atom stereocenters. The normalized spacial score (nSPS) is 11.7. The molecule has 2 aromatic heterocycles. The predicted octanol–water partition coefficient (Wildman–Crippen LogP) is 3.88. The van der Waals surface area contributed by atoms with Crippen molar-refractivity contribution in [1.82, 2.24) is 9.97 Å². The van der Waals surface area contributed by atoms with Crippen LogP contribution in [0, 0.1) is 6.92 Å². The first-order chi connectivity index (χ1) is 12.9. The molecule has 27 heavy (non-hydrogen) atoms. The van der Waals surface area contributed by atoms with Gasteiger partial charge in [-0.15, -0.1) is 0 Å². The second-order valence-corrected chi connectivity index (χ2v) is 6.12. The number of oxazole rings is 1. The highest BCUT2D eigenvalue weighted by Crippen LogP contribution is 2.22. The molecule has 1 amide bonds. The molecule has 8 heteroatoms. The number of aromatic nitrogens is 2.